The van der Waals surface area contributed by atoms with Gasteiger partial charge in [0.15, 0.2) is 0 Å². The van der Waals surface area contributed by atoms with Crippen molar-refractivity contribution >= 4 is 43.1 Å². The second-order valence-corrected chi connectivity index (χ2v) is 7.39. The van der Waals surface area contributed by atoms with E-state index in [0.717, 1.165) is 0 Å². The van der Waals surface area contributed by atoms with Gasteiger partial charge in [0.25, 0.3) is 0 Å². The third kappa shape index (κ3) is 2.65. The van der Waals surface area contributed by atoms with Crippen LogP contribution in [0.2, 0.25) is 0 Å². The quantitative estimate of drug-likeness (QED) is 0.420. The van der Waals surface area contributed by atoms with Crippen molar-refractivity contribution in [1.82, 2.24) is 0 Å². The lowest BCUT2D eigenvalue weighted by atomic mass is 9.86. The van der Waals surface area contributed by atoms with E-state index in [-0.39, 0.29) is 13.2 Å². The van der Waals surface area contributed by atoms with Crippen LogP contribution >= 0.6 is 0 Å². The Labute approximate surface area is 163 Å². The van der Waals surface area contributed by atoms with Gasteiger partial charge in [-0.3, -0.25) is 0 Å². The molecule has 0 bridgehead atoms. The first-order valence-corrected chi connectivity index (χ1v) is 9.80. The summed E-state index contributed by atoms with van der Waals surface area (Å²) < 4.78 is 0. The van der Waals surface area contributed by atoms with Gasteiger partial charge in [-0.25, -0.2) is 0 Å². The smallest absolute Gasteiger partial charge is 0.0471 e. The molecule has 0 aromatic heterocycles. The fourth-order valence-electron chi connectivity index (χ4n) is 4.53. The van der Waals surface area contributed by atoms with Crippen LogP contribution in [0.3, 0.4) is 0 Å². The molecule has 0 atom stereocenters. The minimum Gasteiger partial charge on any atom is -0.396 e. The van der Waals surface area contributed by atoms with E-state index in [9.17, 15) is 10.2 Å². The molecule has 0 heterocycles. The average molecular weight is 366 g/mol. The van der Waals surface area contributed by atoms with Gasteiger partial charge < -0.3 is 10.2 Å². The number of hydrogen-bond acceptors (Lipinski definition) is 2. The predicted octanol–water partition coefficient (Wildman–Crippen LogP) is 5.37. The molecular formula is C26H22O2. The highest BCUT2D eigenvalue weighted by Crippen LogP contribution is 2.38. The summed E-state index contributed by atoms with van der Waals surface area (Å²) in [7, 11) is 0. The largest absolute Gasteiger partial charge is 0.396 e. The van der Waals surface area contributed by atoms with E-state index in [1.165, 1.54) is 54.2 Å². The molecule has 0 spiro atoms. The molecule has 2 N–H and O–H groups in total. The lowest BCUT2D eigenvalue weighted by Gasteiger charge is -2.18. The second-order valence-electron chi connectivity index (χ2n) is 7.39. The summed E-state index contributed by atoms with van der Waals surface area (Å²) in [5, 5.41) is 29.1. The van der Waals surface area contributed by atoms with E-state index >= 15 is 0 Å². The molecule has 0 aliphatic heterocycles. The molecule has 0 fully saturated rings. The number of aliphatic hydroxyl groups excluding tert-OH is 2. The Hall–Kier alpha value is -2.94. The van der Waals surface area contributed by atoms with Crippen LogP contribution in [0.4, 0.5) is 0 Å². The first-order chi connectivity index (χ1) is 13.8. The monoisotopic (exact) mass is 366 g/mol. The van der Waals surface area contributed by atoms with Crippen molar-refractivity contribution in [3.8, 4) is 0 Å². The van der Waals surface area contributed by atoms with Crippen LogP contribution in [-0.4, -0.2) is 23.4 Å². The Morgan fingerprint density at radius 2 is 0.750 bits per heavy atom. The van der Waals surface area contributed by atoms with Gasteiger partial charge in [0.05, 0.1) is 0 Å². The fraction of sp³-hybridized carbons (Fsp3) is 0.154. The van der Waals surface area contributed by atoms with Crippen molar-refractivity contribution in [2.75, 3.05) is 13.2 Å². The molecule has 0 unspecified atom stereocenters. The summed E-state index contributed by atoms with van der Waals surface area (Å²) in [5.41, 5.74) is 2.37. The summed E-state index contributed by atoms with van der Waals surface area (Å²) in [6.07, 6.45) is 1.23. The maximum absolute atomic E-state index is 9.80. The van der Waals surface area contributed by atoms with Gasteiger partial charge in [0.1, 0.15) is 0 Å². The topological polar surface area (TPSA) is 40.5 Å². The molecule has 0 radical (unpaired) electrons. The van der Waals surface area contributed by atoms with Gasteiger partial charge in [-0.2, -0.15) is 0 Å². The molecule has 0 amide bonds. The Kier molecular flexibility index (Phi) is 4.23. The average Bonchev–Trinajstić information content (AvgIpc) is 2.74. The van der Waals surface area contributed by atoms with E-state index in [0.29, 0.717) is 12.8 Å². The summed E-state index contributed by atoms with van der Waals surface area (Å²) in [6.45, 7) is 0.229. The van der Waals surface area contributed by atoms with Crippen LogP contribution in [0, 0.1) is 0 Å². The van der Waals surface area contributed by atoms with E-state index in [2.05, 4.69) is 72.8 Å². The standard InChI is InChI=1S/C26H22O2/c27-11-9-21-23-13-17-5-1-2-6-18(17)14-24(23)22(10-12-28)26-16-20-8-4-3-7-19(20)15-25(21)26/h1-8,13-16,27-28H,9-12H2. The van der Waals surface area contributed by atoms with Crippen LogP contribution in [0.15, 0.2) is 72.8 Å². The molecule has 0 aliphatic carbocycles. The molecule has 5 aromatic rings. The second kappa shape index (κ2) is 6.90. The van der Waals surface area contributed by atoms with Crippen LogP contribution in [0.5, 0.6) is 0 Å². The van der Waals surface area contributed by atoms with E-state index in [1.807, 2.05) is 0 Å². The number of aliphatic hydroxyl groups is 2. The number of hydrogen-bond donors (Lipinski definition) is 2. The first kappa shape index (κ1) is 17.2. The first-order valence-electron chi connectivity index (χ1n) is 9.80. The zero-order valence-corrected chi connectivity index (χ0v) is 15.7. The Morgan fingerprint density at radius 1 is 0.464 bits per heavy atom. The maximum Gasteiger partial charge on any atom is 0.0471 e. The normalized spacial score (nSPS) is 11.8. The third-order valence-electron chi connectivity index (χ3n) is 5.80. The van der Waals surface area contributed by atoms with Crippen molar-refractivity contribution < 1.29 is 10.2 Å². The van der Waals surface area contributed by atoms with E-state index in [1.54, 1.807) is 0 Å². The molecular weight excluding hydrogens is 344 g/mol. The van der Waals surface area contributed by atoms with Gasteiger partial charge in [-0.15, -0.1) is 0 Å². The molecule has 0 saturated heterocycles. The maximum atomic E-state index is 9.80. The SMILES string of the molecule is OCCc1c2cc3ccccc3cc2c(CCO)c2cc3ccccc3cc12. The minimum absolute atomic E-state index is 0.114. The van der Waals surface area contributed by atoms with Crippen molar-refractivity contribution in [2.45, 2.75) is 12.8 Å². The highest BCUT2D eigenvalue weighted by atomic mass is 16.3. The fourth-order valence-corrected chi connectivity index (χ4v) is 4.53. The van der Waals surface area contributed by atoms with Crippen molar-refractivity contribution in [3.05, 3.63) is 83.9 Å². The molecule has 2 heteroatoms. The molecule has 5 aromatic carbocycles. The highest BCUT2D eigenvalue weighted by molar-refractivity contribution is 6.13. The predicted molar refractivity (Wildman–Crippen MR) is 118 cm³/mol. The molecule has 5 rings (SSSR count). The Bertz CT molecular complexity index is 1130. The van der Waals surface area contributed by atoms with Gasteiger partial charge in [0.2, 0.25) is 0 Å². The van der Waals surface area contributed by atoms with E-state index < -0.39 is 0 Å². The zero-order chi connectivity index (χ0) is 19.1. The van der Waals surface area contributed by atoms with Crippen LogP contribution in [0.1, 0.15) is 11.1 Å². The molecule has 28 heavy (non-hydrogen) atoms. The van der Waals surface area contributed by atoms with Crippen molar-refractivity contribution in [2.24, 2.45) is 0 Å². The highest BCUT2D eigenvalue weighted by Gasteiger charge is 2.15. The summed E-state index contributed by atoms with van der Waals surface area (Å²) in [6, 6.07) is 25.7. The Balaban J connectivity index is 2.02. The molecule has 138 valence electrons. The van der Waals surface area contributed by atoms with Crippen LogP contribution in [-0.2, 0) is 12.8 Å². The molecule has 2 nitrogen and oxygen atoms in total. The van der Waals surface area contributed by atoms with E-state index in [4.69, 9.17) is 0 Å². The zero-order valence-electron chi connectivity index (χ0n) is 15.7. The number of rotatable bonds is 4. The number of benzene rings is 5. The summed E-state index contributed by atoms with van der Waals surface area (Å²) >= 11 is 0. The number of fused-ring (bicyclic) bond motifs is 4. The summed E-state index contributed by atoms with van der Waals surface area (Å²) in [4.78, 5) is 0. The summed E-state index contributed by atoms with van der Waals surface area (Å²) in [5.74, 6) is 0. The van der Waals surface area contributed by atoms with Crippen molar-refractivity contribution in [1.29, 1.82) is 0 Å². The lowest BCUT2D eigenvalue weighted by Crippen LogP contribution is -2.01. The molecule has 0 aliphatic rings. The Morgan fingerprint density at radius 3 is 1.00 bits per heavy atom. The third-order valence-corrected chi connectivity index (χ3v) is 5.80. The lowest BCUT2D eigenvalue weighted by molar-refractivity contribution is 0.299. The minimum atomic E-state index is 0.114. The van der Waals surface area contributed by atoms with Gasteiger partial charge in [0, 0.05) is 13.2 Å². The van der Waals surface area contributed by atoms with Gasteiger partial charge in [-0.05, 0) is 91.3 Å². The molecule has 0 saturated carbocycles. The van der Waals surface area contributed by atoms with Crippen molar-refractivity contribution in [3.63, 3.8) is 0 Å². The van der Waals surface area contributed by atoms with Crippen LogP contribution in [0.25, 0.3) is 43.1 Å². The van der Waals surface area contributed by atoms with Gasteiger partial charge in [-0.1, -0.05) is 48.5 Å². The van der Waals surface area contributed by atoms with Crippen LogP contribution < -0.4 is 0 Å². The van der Waals surface area contributed by atoms with Gasteiger partial charge >= 0.3 is 0 Å².